The predicted octanol–water partition coefficient (Wildman–Crippen LogP) is 6.09. The molecule has 4 aromatic rings. The maximum Gasteiger partial charge on any atom is 0.416 e. The summed E-state index contributed by atoms with van der Waals surface area (Å²) in [4.78, 5) is 16.6. The van der Waals surface area contributed by atoms with Crippen LogP contribution in [0, 0.1) is 0 Å². The van der Waals surface area contributed by atoms with E-state index < -0.39 is 17.6 Å². The van der Waals surface area contributed by atoms with Gasteiger partial charge in [-0.05, 0) is 53.9 Å². The third-order valence-electron chi connectivity index (χ3n) is 5.86. The molecule has 1 amide bonds. The number of aromatic nitrogens is 2. The van der Waals surface area contributed by atoms with Crippen LogP contribution < -0.4 is 10.6 Å². The summed E-state index contributed by atoms with van der Waals surface area (Å²) >= 11 is 0. The van der Waals surface area contributed by atoms with Crippen molar-refractivity contribution in [2.75, 3.05) is 5.32 Å². The van der Waals surface area contributed by atoms with Gasteiger partial charge in [-0.15, -0.1) is 24.8 Å². The first-order valence-electron chi connectivity index (χ1n) is 10.6. The van der Waals surface area contributed by atoms with Gasteiger partial charge in [-0.3, -0.25) is 4.79 Å². The standard InChI is InChI=1S/C25H21F3N4O.2ClH/c26-25(27,28)19-3-1-2-18(12-19)24(33)31-20-7-5-17(6-8-20)21-13-22(21)30-14-16-4-9-23-29-10-11-32(23)15-16;;/h1-12,15,21-22,30H,13-14H2,(H,31,33);2*1H. The molecule has 1 fully saturated rings. The number of anilines is 1. The Labute approximate surface area is 212 Å². The third-order valence-corrected chi connectivity index (χ3v) is 5.86. The molecule has 0 spiro atoms. The average molecular weight is 523 g/mol. The number of fused-ring (bicyclic) bond motifs is 1. The number of halogens is 5. The topological polar surface area (TPSA) is 58.4 Å². The van der Waals surface area contributed by atoms with Crippen molar-refractivity contribution in [2.24, 2.45) is 0 Å². The van der Waals surface area contributed by atoms with E-state index in [2.05, 4.69) is 27.9 Å². The van der Waals surface area contributed by atoms with Crippen molar-refractivity contribution in [3.8, 4) is 0 Å². The van der Waals surface area contributed by atoms with Crippen molar-refractivity contribution in [1.82, 2.24) is 14.7 Å². The quantitative estimate of drug-likeness (QED) is 0.322. The van der Waals surface area contributed by atoms with Crippen LogP contribution in [0.25, 0.3) is 5.65 Å². The molecule has 1 aliphatic carbocycles. The first-order valence-corrected chi connectivity index (χ1v) is 10.6. The van der Waals surface area contributed by atoms with E-state index in [0.717, 1.165) is 36.3 Å². The SMILES string of the molecule is Cl.Cl.O=C(Nc1ccc(C2CC2NCc2ccc3nccn3c2)cc1)c1cccc(C(F)(F)F)c1. The van der Waals surface area contributed by atoms with Gasteiger partial charge in [-0.1, -0.05) is 24.3 Å². The maximum absolute atomic E-state index is 12.9. The molecule has 10 heteroatoms. The van der Waals surface area contributed by atoms with Crippen molar-refractivity contribution in [3.05, 3.63) is 102 Å². The molecule has 2 atom stereocenters. The summed E-state index contributed by atoms with van der Waals surface area (Å²) in [5, 5.41) is 6.23. The molecule has 2 aromatic carbocycles. The highest BCUT2D eigenvalue weighted by atomic mass is 35.5. The lowest BCUT2D eigenvalue weighted by atomic mass is 10.1. The summed E-state index contributed by atoms with van der Waals surface area (Å²) in [5.74, 6) is -0.176. The van der Waals surface area contributed by atoms with Gasteiger partial charge in [0.25, 0.3) is 5.91 Å². The number of benzene rings is 2. The van der Waals surface area contributed by atoms with Crippen LogP contribution in [-0.4, -0.2) is 21.3 Å². The molecule has 1 aliphatic rings. The molecule has 2 heterocycles. The Kier molecular flexibility index (Phi) is 8.10. The Morgan fingerprint density at radius 2 is 1.83 bits per heavy atom. The molecule has 2 N–H and O–H groups in total. The van der Waals surface area contributed by atoms with Crippen molar-refractivity contribution < 1.29 is 18.0 Å². The summed E-state index contributed by atoms with van der Waals surface area (Å²) in [7, 11) is 0. The second-order valence-electron chi connectivity index (χ2n) is 8.21. The Morgan fingerprint density at radius 1 is 1.06 bits per heavy atom. The van der Waals surface area contributed by atoms with Crippen LogP contribution in [0.5, 0.6) is 0 Å². The zero-order chi connectivity index (χ0) is 23.0. The number of carbonyl (C=O) groups is 1. The van der Waals surface area contributed by atoms with E-state index in [1.807, 2.05) is 28.8 Å². The van der Waals surface area contributed by atoms with Crippen molar-refractivity contribution >= 4 is 42.1 Å². The number of hydrogen-bond donors (Lipinski definition) is 2. The van der Waals surface area contributed by atoms with Crippen LogP contribution in [0.3, 0.4) is 0 Å². The number of hydrogen-bond acceptors (Lipinski definition) is 3. The van der Waals surface area contributed by atoms with E-state index >= 15 is 0 Å². The van der Waals surface area contributed by atoms with E-state index in [9.17, 15) is 18.0 Å². The van der Waals surface area contributed by atoms with E-state index in [0.29, 0.717) is 17.6 Å². The van der Waals surface area contributed by atoms with Gasteiger partial charge in [-0.25, -0.2) is 4.98 Å². The lowest BCUT2D eigenvalue weighted by Gasteiger charge is -2.10. The molecule has 1 saturated carbocycles. The molecular weight excluding hydrogens is 500 g/mol. The minimum absolute atomic E-state index is 0. The van der Waals surface area contributed by atoms with E-state index in [1.54, 1.807) is 18.3 Å². The van der Waals surface area contributed by atoms with Gasteiger partial charge >= 0.3 is 6.18 Å². The van der Waals surface area contributed by atoms with Gasteiger partial charge in [0.1, 0.15) is 5.65 Å². The Bertz CT molecular complexity index is 1310. The first-order chi connectivity index (χ1) is 15.9. The van der Waals surface area contributed by atoms with Gasteiger partial charge in [-0.2, -0.15) is 13.2 Å². The monoisotopic (exact) mass is 522 g/mol. The molecule has 35 heavy (non-hydrogen) atoms. The van der Waals surface area contributed by atoms with E-state index in [4.69, 9.17) is 0 Å². The highest BCUT2D eigenvalue weighted by Gasteiger charge is 2.37. The van der Waals surface area contributed by atoms with Crippen LogP contribution in [0.15, 0.2) is 79.3 Å². The van der Waals surface area contributed by atoms with Crippen molar-refractivity contribution in [2.45, 2.75) is 31.1 Å². The molecule has 5 rings (SSSR count). The van der Waals surface area contributed by atoms with Gasteiger partial charge in [0.15, 0.2) is 0 Å². The van der Waals surface area contributed by atoms with Crippen molar-refractivity contribution in [1.29, 1.82) is 0 Å². The second kappa shape index (κ2) is 10.7. The Morgan fingerprint density at radius 3 is 2.57 bits per heavy atom. The third kappa shape index (κ3) is 6.14. The number of carbonyl (C=O) groups excluding carboxylic acids is 1. The van der Waals surface area contributed by atoms with Crippen LogP contribution >= 0.6 is 24.8 Å². The number of rotatable bonds is 6. The van der Waals surface area contributed by atoms with E-state index in [1.165, 1.54) is 17.7 Å². The number of amides is 1. The molecule has 184 valence electrons. The zero-order valence-electron chi connectivity index (χ0n) is 18.3. The molecule has 2 aromatic heterocycles. The normalized spacial score (nSPS) is 16.8. The Balaban J connectivity index is 0.00000171. The highest BCUT2D eigenvalue weighted by Crippen LogP contribution is 2.41. The minimum Gasteiger partial charge on any atom is -0.322 e. The van der Waals surface area contributed by atoms with Gasteiger partial charge in [0.05, 0.1) is 5.56 Å². The second-order valence-corrected chi connectivity index (χ2v) is 8.21. The summed E-state index contributed by atoms with van der Waals surface area (Å²) in [5.41, 5.74) is 2.92. The summed E-state index contributed by atoms with van der Waals surface area (Å²) in [6, 6.07) is 16.3. The fourth-order valence-electron chi connectivity index (χ4n) is 3.96. The molecule has 0 bridgehead atoms. The molecule has 0 saturated heterocycles. The van der Waals surface area contributed by atoms with E-state index in [-0.39, 0.29) is 30.4 Å². The predicted molar refractivity (Wildman–Crippen MR) is 134 cm³/mol. The summed E-state index contributed by atoms with van der Waals surface area (Å²) in [6.07, 6.45) is 2.30. The molecular formula is C25H23Cl2F3N4O. The lowest BCUT2D eigenvalue weighted by Crippen LogP contribution is -2.17. The van der Waals surface area contributed by atoms with Gasteiger partial charge in [0.2, 0.25) is 0 Å². The van der Waals surface area contributed by atoms with Crippen LogP contribution in [0.2, 0.25) is 0 Å². The first kappa shape index (κ1) is 26.5. The number of pyridine rings is 1. The lowest BCUT2D eigenvalue weighted by molar-refractivity contribution is -0.137. The van der Waals surface area contributed by atoms with Gasteiger partial charge < -0.3 is 15.0 Å². The fourth-order valence-corrected chi connectivity index (χ4v) is 3.96. The highest BCUT2D eigenvalue weighted by molar-refractivity contribution is 6.04. The van der Waals surface area contributed by atoms with Gasteiger partial charge in [0, 0.05) is 48.3 Å². The summed E-state index contributed by atoms with van der Waals surface area (Å²) in [6.45, 7) is 0.764. The number of alkyl halides is 3. The molecule has 5 nitrogen and oxygen atoms in total. The molecule has 2 unspecified atom stereocenters. The van der Waals surface area contributed by atoms with Crippen LogP contribution in [0.4, 0.5) is 18.9 Å². The molecule has 0 radical (unpaired) electrons. The fraction of sp³-hybridized carbons (Fsp3) is 0.200. The maximum atomic E-state index is 12.9. The van der Waals surface area contributed by atoms with Crippen molar-refractivity contribution in [3.63, 3.8) is 0 Å². The smallest absolute Gasteiger partial charge is 0.322 e. The Hall–Kier alpha value is -3.07. The zero-order valence-corrected chi connectivity index (χ0v) is 20.0. The van der Waals surface area contributed by atoms with Crippen LogP contribution in [-0.2, 0) is 12.7 Å². The van der Waals surface area contributed by atoms with Crippen LogP contribution in [0.1, 0.15) is 39.4 Å². The molecule has 0 aliphatic heterocycles. The average Bonchev–Trinajstić information content (AvgIpc) is 3.43. The number of imidazole rings is 1. The number of nitrogens with one attached hydrogen (secondary N) is 2. The largest absolute Gasteiger partial charge is 0.416 e. The minimum atomic E-state index is -4.49. The number of nitrogens with zero attached hydrogens (tertiary/aromatic N) is 2. The summed E-state index contributed by atoms with van der Waals surface area (Å²) < 4.78 is 40.6.